The van der Waals surface area contributed by atoms with Crippen molar-refractivity contribution in [3.05, 3.63) is 88.9 Å². The van der Waals surface area contributed by atoms with Crippen molar-refractivity contribution in [2.45, 2.75) is 6.61 Å². The van der Waals surface area contributed by atoms with E-state index in [-0.39, 0.29) is 11.7 Å². The molecule has 0 bridgehead atoms. The fourth-order valence-electron chi connectivity index (χ4n) is 3.51. The Kier molecular flexibility index (Phi) is 6.10. The third-order valence-corrected chi connectivity index (χ3v) is 5.46. The van der Waals surface area contributed by atoms with E-state index in [1.807, 2.05) is 65.6 Å². The van der Waals surface area contributed by atoms with Crippen molar-refractivity contribution < 1.29 is 14.6 Å². The number of ether oxygens (including phenoxy) is 1. The average Bonchev–Trinajstić information content (AvgIpc) is 2.79. The number of hydrogen-bond donors (Lipinski definition) is 1. The molecule has 1 N–H and O–H groups in total. The lowest BCUT2D eigenvalue weighted by molar-refractivity contribution is 0.0742. The zero-order valence-corrected chi connectivity index (χ0v) is 17.3. The Morgan fingerprint density at radius 1 is 0.900 bits per heavy atom. The fraction of sp³-hybridized carbons (Fsp3) is 0.208. The molecule has 0 unspecified atom stereocenters. The lowest BCUT2D eigenvalue weighted by atomic mass is 10.1. The van der Waals surface area contributed by atoms with Gasteiger partial charge in [-0.2, -0.15) is 0 Å². The van der Waals surface area contributed by atoms with E-state index in [0.29, 0.717) is 36.0 Å². The molecule has 1 aliphatic heterocycles. The van der Waals surface area contributed by atoms with Crippen molar-refractivity contribution in [1.29, 1.82) is 0 Å². The van der Waals surface area contributed by atoms with Crippen LogP contribution in [0.25, 0.3) is 0 Å². The van der Waals surface area contributed by atoms with Crippen LogP contribution in [0.3, 0.4) is 0 Å². The Hall–Kier alpha value is -3.18. The minimum atomic E-state index is -0.0212. The number of aromatic hydroxyl groups is 1. The molecule has 5 nitrogen and oxygen atoms in total. The van der Waals surface area contributed by atoms with Crippen molar-refractivity contribution in [3.8, 4) is 11.5 Å². The molecule has 0 radical (unpaired) electrons. The summed E-state index contributed by atoms with van der Waals surface area (Å²) in [4.78, 5) is 17.2. The first-order chi connectivity index (χ1) is 14.6. The zero-order valence-electron chi connectivity index (χ0n) is 16.5. The second-order valence-electron chi connectivity index (χ2n) is 7.21. The molecule has 0 aromatic heterocycles. The summed E-state index contributed by atoms with van der Waals surface area (Å²) in [5.74, 6) is 0.813. The predicted octanol–water partition coefficient (Wildman–Crippen LogP) is 4.59. The van der Waals surface area contributed by atoms with Gasteiger partial charge in [-0.05, 0) is 54.1 Å². The molecule has 1 fully saturated rings. The maximum absolute atomic E-state index is 13.1. The van der Waals surface area contributed by atoms with Crippen LogP contribution >= 0.6 is 11.6 Å². The quantitative estimate of drug-likeness (QED) is 0.653. The molecular formula is C24H23ClN2O3. The molecule has 0 aliphatic carbocycles. The lowest BCUT2D eigenvalue weighted by Gasteiger charge is -2.36. The first-order valence-electron chi connectivity index (χ1n) is 9.90. The van der Waals surface area contributed by atoms with E-state index in [2.05, 4.69) is 4.90 Å². The van der Waals surface area contributed by atoms with Gasteiger partial charge in [0, 0.05) is 36.9 Å². The molecule has 30 heavy (non-hydrogen) atoms. The molecule has 6 heteroatoms. The van der Waals surface area contributed by atoms with E-state index in [9.17, 15) is 9.90 Å². The molecule has 3 aromatic carbocycles. The summed E-state index contributed by atoms with van der Waals surface area (Å²) in [6.45, 7) is 3.11. The number of para-hydroxylation sites is 1. The summed E-state index contributed by atoms with van der Waals surface area (Å²) in [6.07, 6.45) is 0. The average molecular weight is 423 g/mol. The summed E-state index contributed by atoms with van der Waals surface area (Å²) >= 11 is 5.93. The van der Waals surface area contributed by atoms with Crippen molar-refractivity contribution >= 4 is 23.2 Å². The Bertz CT molecular complexity index is 998. The topological polar surface area (TPSA) is 53.0 Å². The van der Waals surface area contributed by atoms with Crippen molar-refractivity contribution in [2.24, 2.45) is 0 Å². The van der Waals surface area contributed by atoms with Crippen molar-refractivity contribution in [2.75, 3.05) is 31.1 Å². The lowest BCUT2D eigenvalue weighted by Crippen LogP contribution is -2.48. The van der Waals surface area contributed by atoms with Gasteiger partial charge in [0.05, 0.1) is 5.56 Å². The SMILES string of the molecule is O=C(c1ccccc1OCc1ccc(Cl)cc1)N1CCN(c2ccc(O)cc2)CC1. The third kappa shape index (κ3) is 4.69. The van der Waals surface area contributed by atoms with Gasteiger partial charge in [-0.1, -0.05) is 35.9 Å². The normalized spacial score (nSPS) is 13.9. The van der Waals surface area contributed by atoms with Gasteiger partial charge in [-0.15, -0.1) is 0 Å². The van der Waals surface area contributed by atoms with E-state index in [1.165, 1.54) is 0 Å². The number of nitrogens with zero attached hydrogens (tertiary/aromatic N) is 2. The number of phenolic OH excluding ortho intramolecular Hbond substituents is 1. The fourth-order valence-corrected chi connectivity index (χ4v) is 3.64. The van der Waals surface area contributed by atoms with Crippen LogP contribution in [0, 0.1) is 0 Å². The number of hydrogen-bond acceptors (Lipinski definition) is 4. The number of halogens is 1. The molecule has 3 aromatic rings. The van der Waals surface area contributed by atoms with Crippen LogP contribution in [0.15, 0.2) is 72.8 Å². The number of carbonyl (C=O) groups is 1. The standard InChI is InChI=1S/C24H23ClN2O3/c25-19-7-5-18(6-8-19)17-30-23-4-2-1-3-22(23)24(29)27-15-13-26(14-16-27)20-9-11-21(28)12-10-20/h1-12,28H,13-17H2. The van der Waals surface area contributed by atoms with E-state index < -0.39 is 0 Å². The van der Waals surface area contributed by atoms with Crippen LogP contribution in [0.1, 0.15) is 15.9 Å². The molecule has 1 saturated heterocycles. The Labute approximate surface area is 181 Å². The summed E-state index contributed by atoms with van der Waals surface area (Å²) in [5, 5.41) is 10.1. The number of amides is 1. The first kappa shape index (κ1) is 20.1. The van der Waals surface area contributed by atoms with Gasteiger partial charge in [-0.25, -0.2) is 0 Å². The van der Waals surface area contributed by atoms with Crippen molar-refractivity contribution in [3.63, 3.8) is 0 Å². The van der Waals surface area contributed by atoms with Crippen LogP contribution in [0.5, 0.6) is 11.5 Å². The highest BCUT2D eigenvalue weighted by atomic mass is 35.5. The van der Waals surface area contributed by atoms with Gasteiger partial charge in [0.15, 0.2) is 0 Å². The number of piperazine rings is 1. The van der Waals surface area contributed by atoms with Crippen LogP contribution in [0.4, 0.5) is 5.69 Å². The predicted molar refractivity (Wildman–Crippen MR) is 118 cm³/mol. The molecule has 1 aliphatic rings. The number of benzene rings is 3. The number of phenols is 1. The highest BCUT2D eigenvalue weighted by molar-refractivity contribution is 6.30. The summed E-state index contributed by atoms with van der Waals surface area (Å²) < 4.78 is 5.95. The number of carbonyl (C=O) groups excluding carboxylic acids is 1. The Morgan fingerprint density at radius 3 is 2.27 bits per heavy atom. The van der Waals surface area contributed by atoms with Crippen molar-refractivity contribution in [1.82, 2.24) is 4.90 Å². The van der Waals surface area contributed by atoms with E-state index in [1.54, 1.807) is 12.1 Å². The highest BCUT2D eigenvalue weighted by Crippen LogP contribution is 2.24. The van der Waals surface area contributed by atoms with Crippen LogP contribution in [-0.2, 0) is 6.61 Å². The second kappa shape index (κ2) is 9.09. The van der Waals surface area contributed by atoms with Gasteiger partial charge < -0.3 is 19.6 Å². The second-order valence-corrected chi connectivity index (χ2v) is 7.64. The van der Waals surface area contributed by atoms with Gasteiger partial charge in [0.1, 0.15) is 18.1 Å². The largest absolute Gasteiger partial charge is 0.508 e. The summed E-state index contributed by atoms with van der Waals surface area (Å²) in [5.41, 5.74) is 2.61. The maximum Gasteiger partial charge on any atom is 0.257 e. The van der Waals surface area contributed by atoms with Gasteiger partial charge >= 0.3 is 0 Å². The van der Waals surface area contributed by atoms with E-state index in [4.69, 9.17) is 16.3 Å². The molecular weight excluding hydrogens is 400 g/mol. The van der Waals surface area contributed by atoms with Crippen LogP contribution in [-0.4, -0.2) is 42.1 Å². The molecule has 0 spiro atoms. The minimum absolute atomic E-state index is 0.0212. The van der Waals surface area contributed by atoms with Crippen LogP contribution < -0.4 is 9.64 Å². The monoisotopic (exact) mass is 422 g/mol. The maximum atomic E-state index is 13.1. The zero-order chi connectivity index (χ0) is 20.9. The molecule has 1 amide bonds. The van der Waals surface area contributed by atoms with Crippen LogP contribution in [0.2, 0.25) is 5.02 Å². The van der Waals surface area contributed by atoms with Gasteiger partial charge in [0.2, 0.25) is 0 Å². The van der Waals surface area contributed by atoms with E-state index >= 15 is 0 Å². The molecule has 0 saturated carbocycles. The third-order valence-electron chi connectivity index (χ3n) is 5.21. The molecule has 154 valence electrons. The van der Waals surface area contributed by atoms with Gasteiger partial charge in [0.25, 0.3) is 5.91 Å². The summed E-state index contributed by atoms with van der Waals surface area (Å²) in [7, 11) is 0. The Balaban J connectivity index is 1.40. The van der Waals surface area contributed by atoms with Gasteiger partial charge in [-0.3, -0.25) is 4.79 Å². The highest BCUT2D eigenvalue weighted by Gasteiger charge is 2.24. The summed E-state index contributed by atoms with van der Waals surface area (Å²) in [6, 6.07) is 22.0. The molecule has 1 heterocycles. The van der Waals surface area contributed by atoms with E-state index in [0.717, 1.165) is 24.3 Å². The number of rotatable bonds is 5. The Morgan fingerprint density at radius 2 is 1.57 bits per heavy atom. The minimum Gasteiger partial charge on any atom is -0.508 e. The molecule has 4 rings (SSSR count). The first-order valence-corrected chi connectivity index (χ1v) is 10.3. The smallest absolute Gasteiger partial charge is 0.257 e. The number of anilines is 1. The molecule has 0 atom stereocenters.